The molecule has 1 aliphatic rings. The average Bonchev–Trinajstić information content (AvgIpc) is 2.66. The Kier molecular flexibility index (Phi) is 2.98. The van der Waals surface area contributed by atoms with Crippen molar-refractivity contribution in [1.29, 1.82) is 0 Å². The van der Waals surface area contributed by atoms with E-state index in [4.69, 9.17) is 11.6 Å². The van der Waals surface area contributed by atoms with Gasteiger partial charge in [-0.1, -0.05) is 24.6 Å². The summed E-state index contributed by atoms with van der Waals surface area (Å²) in [6.07, 6.45) is 1.60. The van der Waals surface area contributed by atoms with Crippen molar-refractivity contribution < 1.29 is 4.79 Å². The maximum absolute atomic E-state index is 12.1. The monoisotopic (exact) mass is 273 g/mol. The van der Waals surface area contributed by atoms with E-state index < -0.39 is 0 Å². The Labute approximate surface area is 118 Å². The summed E-state index contributed by atoms with van der Waals surface area (Å²) in [6.45, 7) is 4.17. The van der Waals surface area contributed by atoms with Crippen LogP contribution >= 0.6 is 11.6 Å². The van der Waals surface area contributed by atoms with E-state index in [0.29, 0.717) is 12.3 Å². The molecule has 0 spiro atoms. The lowest BCUT2D eigenvalue weighted by atomic mass is 9.88. The van der Waals surface area contributed by atoms with Crippen molar-refractivity contribution >= 4 is 17.4 Å². The standard InChI is InChI=1S/C16H16ClNO/c1-10-6-15-14(16(19)7-10)8-11(2)18(15)13-5-3-4-12(17)9-13/h3-5,8-10H,6-7H2,1-2H3. The zero-order chi connectivity index (χ0) is 13.6. The van der Waals surface area contributed by atoms with Gasteiger partial charge in [0.2, 0.25) is 0 Å². The predicted molar refractivity (Wildman–Crippen MR) is 77.3 cm³/mol. The van der Waals surface area contributed by atoms with E-state index in [-0.39, 0.29) is 5.78 Å². The van der Waals surface area contributed by atoms with E-state index in [2.05, 4.69) is 11.5 Å². The molecule has 0 saturated heterocycles. The third kappa shape index (κ3) is 2.10. The second-order valence-electron chi connectivity index (χ2n) is 5.40. The Morgan fingerprint density at radius 2 is 2.05 bits per heavy atom. The number of carbonyl (C=O) groups excluding carboxylic acids is 1. The van der Waals surface area contributed by atoms with Gasteiger partial charge in [0.1, 0.15) is 0 Å². The number of benzene rings is 1. The van der Waals surface area contributed by atoms with Crippen molar-refractivity contribution in [2.24, 2.45) is 5.92 Å². The van der Waals surface area contributed by atoms with Crippen LogP contribution < -0.4 is 0 Å². The third-order valence-corrected chi connectivity index (χ3v) is 3.96. The lowest BCUT2D eigenvalue weighted by Gasteiger charge is -2.20. The lowest BCUT2D eigenvalue weighted by Crippen LogP contribution is -2.19. The molecule has 3 heteroatoms. The fourth-order valence-corrected chi connectivity index (χ4v) is 3.12. The van der Waals surface area contributed by atoms with Crippen LogP contribution in [0.2, 0.25) is 5.02 Å². The minimum Gasteiger partial charge on any atom is -0.317 e. The second-order valence-corrected chi connectivity index (χ2v) is 5.83. The topological polar surface area (TPSA) is 22.0 Å². The summed E-state index contributed by atoms with van der Waals surface area (Å²) in [5, 5.41) is 0.717. The van der Waals surface area contributed by atoms with E-state index in [0.717, 1.165) is 34.1 Å². The summed E-state index contributed by atoms with van der Waals surface area (Å²) >= 11 is 6.07. The highest BCUT2D eigenvalue weighted by molar-refractivity contribution is 6.30. The minimum absolute atomic E-state index is 0.262. The molecule has 1 heterocycles. The van der Waals surface area contributed by atoms with Crippen molar-refractivity contribution in [3.63, 3.8) is 0 Å². The molecule has 0 aliphatic heterocycles. The zero-order valence-corrected chi connectivity index (χ0v) is 11.9. The van der Waals surface area contributed by atoms with Crippen LogP contribution in [0.3, 0.4) is 0 Å². The number of rotatable bonds is 1. The molecular weight excluding hydrogens is 258 g/mol. The first-order valence-electron chi connectivity index (χ1n) is 6.56. The smallest absolute Gasteiger partial charge is 0.164 e. The fourth-order valence-electron chi connectivity index (χ4n) is 2.94. The molecule has 0 saturated carbocycles. The minimum atomic E-state index is 0.262. The van der Waals surface area contributed by atoms with Crippen molar-refractivity contribution in [2.45, 2.75) is 26.7 Å². The van der Waals surface area contributed by atoms with Crippen molar-refractivity contribution in [2.75, 3.05) is 0 Å². The largest absolute Gasteiger partial charge is 0.317 e. The molecule has 0 fully saturated rings. The number of fused-ring (bicyclic) bond motifs is 1. The summed E-state index contributed by atoms with van der Waals surface area (Å²) in [6, 6.07) is 9.79. The molecule has 3 rings (SSSR count). The first kappa shape index (κ1) is 12.5. The molecule has 19 heavy (non-hydrogen) atoms. The van der Waals surface area contributed by atoms with E-state index >= 15 is 0 Å². The van der Waals surface area contributed by atoms with E-state index in [1.165, 1.54) is 0 Å². The predicted octanol–water partition coefficient (Wildman–Crippen LogP) is 4.20. The molecule has 98 valence electrons. The van der Waals surface area contributed by atoms with Crippen LogP contribution in [-0.2, 0) is 6.42 Å². The summed E-state index contributed by atoms with van der Waals surface area (Å²) in [5.74, 6) is 0.671. The Morgan fingerprint density at radius 3 is 2.79 bits per heavy atom. The molecule has 1 atom stereocenters. The second kappa shape index (κ2) is 4.53. The SMILES string of the molecule is Cc1cc2c(n1-c1cccc(Cl)c1)CC(C)CC2=O. The highest BCUT2D eigenvalue weighted by Crippen LogP contribution is 2.31. The molecule has 2 nitrogen and oxygen atoms in total. The maximum atomic E-state index is 12.1. The number of ketones is 1. The molecule has 0 N–H and O–H groups in total. The third-order valence-electron chi connectivity index (χ3n) is 3.73. The Bertz CT molecular complexity index is 657. The van der Waals surface area contributed by atoms with Crippen LogP contribution in [0.1, 0.15) is 35.1 Å². The van der Waals surface area contributed by atoms with Gasteiger partial charge in [-0.15, -0.1) is 0 Å². The lowest BCUT2D eigenvalue weighted by molar-refractivity contribution is 0.0952. The van der Waals surface area contributed by atoms with Gasteiger partial charge < -0.3 is 4.57 Å². The quantitative estimate of drug-likeness (QED) is 0.763. The average molecular weight is 274 g/mol. The van der Waals surface area contributed by atoms with Crippen LogP contribution in [0.25, 0.3) is 5.69 Å². The van der Waals surface area contributed by atoms with Crippen molar-refractivity contribution in [3.8, 4) is 5.69 Å². The number of Topliss-reactive ketones (excluding diaryl/α,β-unsaturated/α-hetero) is 1. The molecule has 1 unspecified atom stereocenters. The van der Waals surface area contributed by atoms with Crippen LogP contribution in [-0.4, -0.2) is 10.4 Å². The molecule has 0 amide bonds. The number of aromatic nitrogens is 1. The highest BCUT2D eigenvalue weighted by atomic mass is 35.5. The molecule has 0 bridgehead atoms. The number of aryl methyl sites for hydroxylation is 1. The molecule has 1 aliphatic carbocycles. The number of halogens is 1. The van der Waals surface area contributed by atoms with Gasteiger partial charge >= 0.3 is 0 Å². The van der Waals surface area contributed by atoms with Crippen LogP contribution in [0.5, 0.6) is 0 Å². The Hall–Kier alpha value is -1.54. The van der Waals surface area contributed by atoms with Crippen molar-refractivity contribution in [1.82, 2.24) is 4.57 Å². The number of carbonyl (C=O) groups is 1. The van der Waals surface area contributed by atoms with E-state index in [1.54, 1.807) is 0 Å². The Balaban J connectivity index is 2.20. The van der Waals surface area contributed by atoms with Crippen LogP contribution in [0.4, 0.5) is 0 Å². The fraction of sp³-hybridized carbons (Fsp3) is 0.312. The first-order valence-corrected chi connectivity index (χ1v) is 6.94. The molecular formula is C16H16ClNO. The van der Waals surface area contributed by atoms with Crippen LogP contribution in [0.15, 0.2) is 30.3 Å². The summed E-state index contributed by atoms with van der Waals surface area (Å²) in [7, 11) is 0. The van der Waals surface area contributed by atoms with E-state index in [9.17, 15) is 4.79 Å². The maximum Gasteiger partial charge on any atom is 0.164 e. The molecule has 2 aromatic rings. The normalized spacial score (nSPS) is 18.5. The molecule has 1 aromatic carbocycles. The van der Waals surface area contributed by atoms with E-state index in [1.807, 2.05) is 37.3 Å². The first-order chi connectivity index (χ1) is 9.06. The number of hydrogen-bond acceptors (Lipinski definition) is 1. The highest BCUT2D eigenvalue weighted by Gasteiger charge is 2.27. The Morgan fingerprint density at radius 1 is 1.26 bits per heavy atom. The van der Waals surface area contributed by atoms with Gasteiger partial charge in [0.05, 0.1) is 0 Å². The number of hydrogen-bond donors (Lipinski definition) is 0. The van der Waals surface area contributed by atoms with Gasteiger partial charge in [-0.05, 0) is 43.5 Å². The van der Waals surface area contributed by atoms with Gasteiger partial charge in [0.15, 0.2) is 5.78 Å². The number of nitrogens with zero attached hydrogens (tertiary/aromatic N) is 1. The van der Waals surface area contributed by atoms with Gasteiger partial charge in [-0.25, -0.2) is 0 Å². The molecule has 1 aromatic heterocycles. The van der Waals surface area contributed by atoms with Crippen LogP contribution in [0, 0.1) is 12.8 Å². The zero-order valence-electron chi connectivity index (χ0n) is 11.1. The van der Waals surface area contributed by atoms with Gasteiger partial charge in [-0.2, -0.15) is 0 Å². The summed E-state index contributed by atoms with van der Waals surface area (Å²) in [5.41, 5.74) is 4.14. The summed E-state index contributed by atoms with van der Waals surface area (Å²) in [4.78, 5) is 12.1. The van der Waals surface area contributed by atoms with Gasteiger partial charge in [0.25, 0.3) is 0 Å². The van der Waals surface area contributed by atoms with Gasteiger partial charge in [0, 0.05) is 34.1 Å². The van der Waals surface area contributed by atoms with Crippen molar-refractivity contribution in [3.05, 3.63) is 52.3 Å². The molecule has 0 radical (unpaired) electrons. The van der Waals surface area contributed by atoms with Gasteiger partial charge in [-0.3, -0.25) is 4.79 Å². The summed E-state index contributed by atoms with van der Waals surface area (Å²) < 4.78 is 2.16.